The molecule has 5 heteroatoms. The highest BCUT2D eigenvalue weighted by atomic mass is 32.2. The van der Waals surface area contributed by atoms with Crippen LogP contribution in [0.2, 0.25) is 0 Å². The van der Waals surface area contributed by atoms with Gasteiger partial charge in [0.2, 0.25) is 0 Å². The molecule has 0 radical (unpaired) electrons. The molecule has 1 aliphatic heterocycles. The fourth-order valence-electron chi connectivity index (χ4n) is 2.95. The van der Waals surface area contributed by atoms with Crippen molar-refractivity contribution in [1.29, 1.82) is 0 Å². The van der Waals surface area contributed by atoms with Crippen molar-refractivity contribution in [2.24, 2.45) is 0 Å². The largest absolute Gasteiger partial charge is 0.370 e. The van der Waals surface area contributed by atoms with Crippen molar-refractivity contribution in [3.8, 4) is 0 Å². The Morgan fingerprint density at radius 2 is 1.65 bits per heavy atom. The van der Waals surface area contributed by atoms with E-state index < -0.39 is 10.0 Å². The van der Waals surface area contributed by atoms with Gasteiger partial charge in [0.05, 0.1) is 16.3 Å². The van der Waals surface area contributed by atoms with Gasteiger partial charge in [0.1, 0.15) is 0 Å². The molecular weight excluding hydrogens is 308 g/mol. The molecular formula is C18H22N2O2S. The summed E-state index contributed by atoms with van der Waals surface area (Å²) in [6.07, 6.45) is 3.55. The molecule has 23 heavy (non-hydrogen) atoms. The first-order valence-electron chi connectivity index (χ1n) is 8.00. The molecule has 1 aliphatic rings. The minimum absolute atomic E-state index is 0.283. The van der Waals surface area contributed by atoms with E-state index in [4.69, 9.17) is 0 Å². The van der Waals surface area contributed by atoms with Gasteiger partial charge >= 0.3 is 0 Å². The molecule has 0 spiro atoms. The Kier molecular flexibility index (Phi) is 4.57. The van der Waals surface area contributed by atoms with Crippen molar-refractivity contribution in [1.82, 2.24) is 0 Å². The first kappa shape index (κ1) is 15.9. The third kappa shape index (κ3) is 3.67. The van der Waals surface area contributed by atoms with Gasteiger partial charge in [0.25, 0.3) is 10.0 Å². The predicted molar refractivity (Wildman–Crippen MR) is 94.5 cm³/mol. The van der Waals surface area contributed by atoms with Crippen LogP contribution in [0.1, 0.15) is 24.8 Å². The van der Waals surface area contributed by atoms with E-state index in [1.165, 1.54) is 6.42 Å². The maximum Gasteiger partial charge on any atom is 0.261 e. The second-order valence-corrected chi connectivity index (χ2v) is 7.67. The van der Waals surface area contributed by atoms with Crippen molar-refractivity contribution in [2.75, 3.05) is 22.7 Å². The van der Waals surface area contributed by atoms with E-state index in [1.807, 2.05) is 31.2 Å². The van der Waals surface area contributed by atoms with Crippen LogP contribution in [-0.2, 0) is 10.0 Å². The smallest absolute Gasteiger partial charge is 0.261 e. The molecule has 0 unspecified atom stereocenters. The zero-order valence-corrected chi connectivity index (χ0v) is 14.1. The summed E-state index contributed by atoms with van der Waals surface area (Å²) >= 11 is 0. The Hall–Kier alpha value is -2.01. The number of aryl methyl sites for hydroxylation is 1. The summed E-state index contributed by atoms with van der Waals surface area (Å²) in [5.74, 6) is 0. The summed E-state index contributed by atoms with van der Waals surface area (Å²) in [6.45, 7) is 3.92. The summed E-state index contributed by atoms with van der Waals surface area (Å²) in [6, 6.07) is 14.5. The molecule has 2 aromatic rings. The maximum atomic E-state index is 12.6. The van der Waals surface area contributed by atoms with Crippen molar-refractivity contribution in [3.63, 3.8) is 0 Å². The maximum absolute atomic E-state index is 12.6. The summed E-state index contributed by atoms with van der Waals surface area (Å²) in [5.41, 5.74) is 2.67. The van der Waals surface area contributed by atoms with E-state index in [0.29, 0.717) is 5.69 Å². The number of rotatable bonds is 4. The van der Waals surface area contributed by atoms with Crippen LogP contribution in [0, 0.1) is 6.92 Å². The van der Waals surface area contributed by atoms with Crippen molar-refractivity contribution < 1.29 is 8.42 Å². The zero-order chi connectivity index (χ0) is 16.3. The molecule has 0 bridgehead atoms. The Balaban J connectivity index is 1.94. The van der Waals surface area contributed by atoms with Gasteiger partial charge in [-0.1, -0.05) is 24.3 Å². The summed E-state index contributed by atoms with van der Waals surface area (Å²) < 4.78 is 28.0. The third-order valence-electron chi connectivity index (χ3n) is 4.15. The molecule has 122 valence electrons. The number of benzene rings is 2. The van der Waals surface area contributed by atoms with Crippen LogP contribution < -0.4 is 9.62 Å². The SMILES string of the molecule is Cc1ccc(N2CCCCC2)c(NS(=O)(=O)c2ccccc2)c1. The van der Waals surface area contributed by atoms with Gasteiger partial charge in [-0.15, -0.1) is 0 Å². The molecule has 1 N–H and O–H groups in total. The van der Waals surface area contributed by atoms with Gasteiger partial charge in [-0.25, -0.2) is 8.42 Å². The molecule has 1 heterocycles. The number of anilines is 2. The second-order valence-electron chi connectivity index (χ2n) is 5.99. The minimum atomic E-state index is -3.57. The van der Waals surface area contributed by atoms with Gasteiger partial charge in [0.15, 0.2) is 0 Å². The van der Waals surface area contributed by atoms with Crippen LogP contribution in [0.4, 0.5) is 11.4 Å². The quantitative estimate of drug-likeness (QED) is 0.928. The van der Waals surface area contributed by atoms with Gasteiger partial charge in [-0.3, -0.25) is 4.72 Å². The fourth-order valence-corrected chi connectivity index (χ4v) is 4.03. The average Bonchev–Trinajstić information content (AvgIpc) is 2.56. The number of hydrogen-bond donors (Lipinski definition) is 1. The zero-order valence-electron chi connectivity index (χ0n) is 13.3. The molecule has 0 aromatic heterocycles. The number of nitrogens with one attached hydrogen (secondary N) is 1. The summed E-state index contributed by atoms with van der Waals surface area (Å²) in [4.78, 5) is 2.55. The number of sulfonamides is 1. The molecule has 0 atom stereocenters. The Morgan fingerprint density at radius 1 is 0.957 bits per heavy atom. The van der Waals surface area contributed by atoms with Crippen molar-refractivity contribution >= 4 is 21.4 Å². The monoisotopic (exact) mass is 330 g/mol. The minimum Gasteiger partial charge on any atom is -0.370 e. The summed E-state index contributed by atoms with van der Waals surface area (Å²) in [7, 11) is -3.57. The predicted octanol–water partition coefficient (Wildman–Crippen LogP) is 3.79. The van der Waals surface area contributed by atoms with Gasteiger partial charge in [-0.2, -0.15) is 0 Å². The van der Waals surface area contributed by atoms with Crippen LogP contribution in [-0.4, -0.2) is 21.5 Å². The van der Waals surface area contributed by atoms with E-state index >= 15 is 0 Å². The lowest BCUT2D eigenvalue weighted by Crippen LogP contribution is -2.30. The molecule has 0 amide bonds. The lowest BCUT2D eigenvalue weighted by atomic mass is 10.1. The highest BCUT2D eigenvalue weighted by Crippen LogP contribution is 2.31. The standard InChI is InChI=1S/C18H22N2O2S/c1-15-10-11-18(20-12-6-3-7-13-20)17(14-15)19-23(21,22)16-8-4-2-5-9-16/h2,4-5,8-11,14,19H,3,6-7,12-13H2,1H3. The highest BCUT2D eigenvalue weighted by molar-refractivity contribution is 7.92. The molecule has 1 fully saturated rings. The van der Waals surface area contributed by atoms with Crippen LogP contribution in [0.5, 0.6) is 0 Å². The van der Waals surface area contributed by atoms with Crippen LogP contribution in [0.3, 0.4) is 0 Å². The molecule has 0 saturated carbocycles. The molecule has 1 saturated heterocycles. The van der Waals surface area contributed by atoms with Crippen molar-refractivity contribution in [2.45, 2.75) is 31.1 Å². The van der Waals surface area contributed by atoms with E-state index in [1.54, 1.807) is 24.3 Å². The van der Waals surface area contributed by atoms with Crippen LogP contribution in [0.25, 0.3) is 0 Å². The second kappa shape index (κ2) is 6.62. The third-order valence-corrected chi connectivity index (χ3v) is 5.53. The molecule has 4 nitrogen and oxygen atoms in total. The van der Waals surface area contributed by atoms with E-state index in [0.717, 1.165) is 37.2 Å². The lowest BCUT2D eigenvalue weighted by molar-refractivity contribution is 0.578. The first-order chi connectivity index (χ1) is 11.1. The highest BCUT2D eigenvalue weighted by Gasteiger charge is 2.19. The number of nitrogens with zero attached hydrogens (tertiary/aromatic N) is 1. The topological polar surface area (TPSA) is 49.4 Å². The average molecular weight is 330 g/mol. The molecule has 2 aromatic carbocycles. The first-order valence-corrected chi connectivity index (χ1v) is 9.48. The Morgan fingerprint density at radius 3 is 2.35 bits per heavy atom. The Bertz CT molecular complexity index is 767. The van der Waals surface area contributed by atoms with E-state index in [9.17, 15) is 8.42 Å². The summed E-state index contributed by atoms with van der Waals surface area (Å²) in [5, 5.41) is 0. The van der Waals surface area contributed by atoms with E-state index in [2.05, 4.69) is 9.62 Å². The van der Waals surface area contributed by atoms with Crippen LogP contribution >= 0.6 is 0 Å². The molecule has 3 rings (SSSR count). The van der Waals surface area contributed by atoms with Gasteiger partial charge < -0.3 is 4.90 Å². The Labute approximate surface area is 138 Å². The number of piperidine rings is 1. The van der Waals surface area contributed by atoms with E-state index in [-0.39, 0.29) is 4.90 Å². The van der Waals surface area contributed by atoms with Gasteiger partial charge in [0, 0.05) is 13.1 Å². The fraction of sp³-hybridized carbons (Fsp3) is 0.333. The number of hydrogen-bond acceptors (Lipinski definition) is 3. The molecule has 0 aliphatic carbocycles. The van der Waals surface area contributed by atoms with Crippen LogP contribution in [0.15, 0.2) is 53.4 Å². The lowest BCUT2D eigenvalue weighted by Gasteiger charge is -2.30. The van der Waals surface area contributed by atoms with Crippen molar-refractivity contribution in [3.05, 3.63) is 54.1 Å². The normalized spacial score (nSPS) is 15.4. The van der Waals surface area contributed by atoms with Gasteiger partial charge in [-0.05, 0) is 56.0 Å².